The molecule has 0 aliphatic carbocycles. The van der Waals surface area contributed by atoms with Gasteiger partial charge in [0, 0.05) is 13.1 Å². The fourth-order valence-electron chi connectivity index (χ4n) is 0.863. The summed E-state index contributed by atoms with van der Waals surface area (Å²) in [7, 11) is 0. The van der Waals surface area contributed by atoms with Crippen molar-refractivity contribution in [2.75, 3.05) is 13.1 Å². The van der Waals surface area contributed by atoms with E-state index in [0.29, 0.717) is 13.1 Å². The van der Waals surface area contributed by atoms with Crippen LogP contribution in [0.5, 0.6) is 0 Å². The summed E-state index contributed by atoms with van der Waals surface area (Å²) in [5, 5.41) is 12.1. The summed E-state index contributed by atoms with van der Waals surface area (Å²) in [5.41, 5.74) is 4.02. The SMILES string of the molecule is NC(=O)CC1(O)CNC1. The molecular weight excluding hydrogens is 120 g/mol. The molecule has 1 aliphatic heterocycles. The van der Waals surface area contributed by atoms with Gasteiger partial charge >= 0.3 is 0 Å². The van der Waals surface area contributed by atoms with E-state index in [4.69, 9.17) is 5.73 Å². The maximum absolute atomic E-state index is 10.2. The third-order valence-electron chi connectivity index (χ3n) is 1.41. The van der Waals surface area contributed by atoms with Crippen LogP contribution in [0, 0.1) is 0 Å². The molecule has 4 nitrogen and oxygen atoms in total. The molecule has 1 amide bonds. The van der Waals surface area contributed by atoms with Gasteiger partial charge in [0.25, 0.3) is 0 Å². The van der Waals surface area contributed by atoms with Gasteiger partial charge in [-0.2, -0.15) is 0 Å². The van der Waals surface area contributed by atoms with Crippen LogP contribution in [0.25, 0.3) is 0 Å². The molecule has 0 atom stereocenters. The number of aliphatic hydroxyl groups is 1. The lowest BCUT2D eigenvalue weighted by Gasteiger charge is -2.36. The van der Waals surface area contributed by atoms with Crippen LogP contribution >= 0.6 is 0 Å². The van der Waals surface area contributed by atoms with Gasteiger partial charge in [0.2, 0.25) is 5.91 Å². The predicted molar refractivity (Wildman–Crippen MR) is 31.6 cm³/mol. The van der Waals surface area contributed by atoms with Crippen LogP contribution < -0.4 is 11.1 Å². The van der Waals surface area contributed by atoms with Gasteiger partial charge in [-0.1, -0.05) is 0 Å². The molecule has 0 aromatic carbocycles. The van der Waals surface area contributed by atoms with Crippen molar-refractivity contribution < 1.29 is 9.90 Å². The fourth-order valence-corrected chi connectivity index (χ4v) is 0.863. The van der Waals surface area contributed by atoms with Gasteiger partial charge in [0.05, 0.1) is 12.0 Å². The molecule has 0 spiro atoms. The smallest absolute Gasteiger partial charge is 0.220 e. The monoisotopic (exact) mass is 130 g/mol. The van der Waals surface area contributed by atoms with E-state index in [1.54, 1.807) is 0 Å². The molecule has 1 rings (SSSR count). The molecule has 0 radical (unpaired) electrons. The lowest BCUT2D eigenvalue weighted by atomic mass is 9.93. The first-order valence-electron chi connectivity index (χ1n) is 2.84. The van der Waals surface area contributed by atoms with Crippen molar-refractivity contribution >= 4 is 5.91 Å². The quantitative estimate of drug-likeness (QED) is 0.412. The van der Waals surface area contributed by atoms with Crippen molar-refractivity contribution in [3.8, 4) is 0 Å². The summed E-state index contributed by atoms with van der Waals surface area (Å²) in [6.07, 6.45) is 0.0694. The molecule has 52 valence electrons. The first-order chi connectivity index (χ1) is 4.12. The number of β-amino-alcohol motifs (C(OH)–C–C–N with tert-alkyl or cyclic N) is 1. The number of nitrogens with two attached hydrogens (primary N) is 1. The maximum atomic E-state index is 10.2. The minimum absolute atomic E-state index is 0.0694. The van der Waals surface area contributed by atoms with Crippen LogP contribution in [-0.2, 0) is 4.79 Å². The molecule has 1 saturated heterocycles. The Morgan fingerprint density at radius 1 is 1.78 bits per heavy atom. The summed E-state index contributed by atoms with van der Waals surface area (Å²) in [4.78, 5) is 10.2. The Labute approximate surface area is 53.0 Å². The van der Waals surface area contributed by atoms with Crippen LogP contribution in [0.15, 0.2) is 0 Å². The molecular formula is C5H10N2O2. The van der Waals surface area contributed by atoms with Gasteiger partial charge < -0.3 is 16.2 Å². The summed E-state index contributed by atoms with van der Waals surface area (Å²) >= 11 is 0. The molecule has 9 heavy (non-hydrogen) atoms. The Morgan fingerprint density at radius 3 is 2.44 bits per heavy atom. The zero-order valence-electron chi connectivity index (χ0n) is 5.05. The second-order valence-corrected chi connectivity index (χ2v) is 2.47. The highest BCUT2D eigenvalue weighted by molar-refractivity contribution is 5.75. The van der Waals surface area contributed by atoms with E-state index in [2.05, 4.69) is 5.32 Å². The fraction of sp³-hybridized carbons (Fsp3) is 0.800. The van der Waals surface area contributed by atoms with E-state index in [0.717, 1.165) is 0 Å². The lowest BCUT2D eigenvalue weighted by Crippen LogP contribution is -2.60. The molecule has 0 aromatic heterocycles. The third-order valence-corrected chi connectivity index (χ3v) is 1.41. The number of carbonyl (C=O) groups is 1. The number of hydrogen-bond donors (Lipinski definition) is 3. The normalized spacial score (nSPS) is 22.8. The third kappa shape index (κ3) is 1.40. The molecule has 0 unspecified atom stereocenters. The number of rotatable bonds is 2. The minimum atomic E-state index is -0.841. The molecule has 0 aromatic rings. The van der Waals surface area contributed by atoms with Crippen LogP contribution in [0.4, 0.5) is 0 Å². The van der Waals surface area contributed by atoms with Gasteiger partial charge in [-0.25, -0.2) is 0 Å². The Kier molecular flexibility index (Phi) is 1.42. The Balaban J connectivity index is 2.33. The van der Waals surface area contributed by atoms with Crippen LogP contribution in [0.2, 0.25) is 0 Å². The van der Waals surface area contributed by atoms with Crippen molar-refractivity contribution in [2.45, 2.75) is 12.0 Å². The highest BCUT2D eigenvalue weighted by Crippen LogP contribution is 2.13. The molecule has 4 N–H and O–H groups in total. The summed E-state index contributed by atoms with van der Waals surface area (Å²) in [5.74, 6) is -0.445. The summed E-state index contributed by atoms with van der Waals surface area (Å²) < 4.78 is 0. The average molecular weight is 130 g/mol. The zero-order valence-corrected chi connectivity index (χ0v) is 5.05. The molecule has 0 saturated carbocycles. The maximum Gasteiger partial charge on any atom is 0.220 e. The average Bonchev–Trinajstić information content (AvgIpc) is 1.60. The highest BCUT2D eigenvalue weighted by Gasteiger charge is 2.35. The van der Waals surface area contributed by atoms with Gasteiger partial charge in [-0.3, -0.25) is 4.79 Å². The van der Waals surface area contributed by atoms with Crippen molar-refractivity contribution in [3.63, 3.8) is 0 Å². The zero-order chi connectivity index (χ0) is 6.91. The first-order valence-corrected chi connectivity index (χ1v) is 2.84. The van der Waals surface area contributed by atoms with E-state index in [1.165, 1.54) is 0 Å². The number of amides is 1. The van der Waals surface area contributed by atoms with Crippen LogP contribution in [-0.4, -0.2) is 29.7 Å². The minimum Gasteiger partial charge on any atom is -0.387 e. The first kappa shape index (κ1) is 6.51. The van der Waals surface area contributed by atoms with E-state index in [1.807, 2.05) is 0 Å². The van der Waals surface area contributed by atoms with E-state index < -0.39 is 11.5 Å². The highest BCUT2D eigenvalue weighted by atomic mass is 16.3. The molecule has 4 heteroatoms. The van der Waals surface area contributed by atoms with Crippen molar-refractivity contribution in [2.24, 2.45) is 5.73 Å². The number of primary amides is 1. The Hall–Kier alpha value is -0.610. The van der Waals surface area contributed by atoms with Gasteiger partial charge in [0.1, 0.15) is 0 Å². The standard InChI is InChI=1S/C5H10N2O2/c6-4(8)1-5(9)2-7-3-5/h7,9H,1-3H2,(H2,6,8). The molecule has 1 fully saturated rings. The molecule has 1 heterocycles. The second-order valence-electron chi connectivity index (χ2n) is 2.47. The number of nitrogens with one attached hydrogen (secondary N) is 1. The van der Waals surface area contributed by atoms with Gasteiger partial charge in [0.15, 0.2) is 0 Å². The van der Waals surface area contributed by atoms with Crippen LogP contribution in [0.1, 0.15) is 6.42 Å². The van der Waals surface area contributed by atoms with E-state index >= 15 is 0 Å². The summed E-state index contributed by atoms with van der Waals surface area (Å²) in [6, 6.07) is 0. The predicted octanol–water partition coefficient (Wildman–Crippen LogP) is -1.80. The Morgan fingerprint density at radius 2 is 2.33 bits per heavy atom. The van der Waals surface area contributed by atoms with Crippen LogP contribution in [0.3, 0.4) is 0 Å². The van der Waals surface area contributed by atoms with E-state index in [9.17, 15) is 9.90 Å². The Bertz CT molecular complexity index is 131. The lowest BCUT2D eigenvalue weighted by molar-refractivity contribution is -0.125. The molecule has 1 aliphatic rings. The van der Waals surface area contributed by atoms with Crippen molar-refractivity contribution in [3.05, 3.63) is 0 Å². The van der Waals surface area contributed by atoms with Crippen molar-refractivity contribution in [1.82, 2.24) is 5.32 Å². The topological polar surface area (TPSA) is 75.4 Å². The molecule has 0 bridgehead atoms. The van der Waals surface area contributed by atoms with E-state index in [-0.39, 0.29) is 6.42 Å². The summed E-state index contributed by atoms with van der Waals surface area (Å²) in [6.45, 7) is 0.964. The van der Waals surface area contributed by atoms with Gasteiger partial charge in [-0.05, 0) is 0 Å². The van der Waals surface area contributed by atoms with Crippen molar-refractivity contribution in [1.29, 1.82) is 0 Å². The number of carbonyl (C=O) groups excluding carboxylic acids is 1. The largest absolute Gasteiger partial charge is 0.387 e. The van der Waals surface area contributed by atoms with Gasteiger partial charge in [-0.15, -0.1) is 0 Å². The number of hydrogen-bond acceptors (Lipinski definition) is 3. The second kappa shape index (κ2) is 1.97.